The van der Waals surface area contributed by atoms with Gasteiger partial charge in [0.05, 0.1) is 19.7 Å². The maximum Gasteiger partial charge on any atom is 0.246 e. The van der Waals surface area contributed by atoms with Crippen LogP contribution in [0.5, 0.6) is 0 Å². The highest BCUT2D eigenvalue weighted by Crippen LogP contribution is 2.26. The van der Waals surface area contributed by atoms with Gasteiger partial charge in [-0.1, -0.05) is 30.3 Å². The van der Waals surface area contributed by atoms with E-state index in [9.17, 15) is 4.79 Å². The molecule has 0 bridgehead atoms. The van der Waals surface area contributed by atoms with Crippen LogP contribution in [0.15, 0.2) is 30.3 Å². The molecular weight excluding hydrogens is 330 g/mol. The number of nitrogens with two attached hydrogens (primary N) is 1. The number of nitrogens with zero attached hydrogens (tertiary/aromatic N) is 4. The highest BCUT2D eigenvalue weighted by Gasteiger charge is 2.35. The van der Waals surface area contributed by atoms with Crippen LogP contribution in [0.25, 0.3) is 0 Å². The highest BCUT2D eigenvalue weighted by molar-refractivity contribution is 5.85. The first-order valence-corrected chi connectivity index (χ1v) is 7.69. The predicted octanol–water partition coefficient (Wildman–Crippen LogP) is 0.931. The van der Waals surface area contributed by atoms with E-state index < -0.39 is 0 Å². The maximum atomic E-state index is 12.9. The molecule has 3 rings (SSSR count). The molecule has 24 heavy (non-hydrogen) atoms. The van der Waals surface area contributed by atoms with Crippen molar-refractivity contribution in [1.29, 1.82) is 0 Å². The Morgan fingerprint density at radius 3 is 2.71 bits per heavy atom. The fraction of sp³-hybridized carbons (Fsp3) is 0.438. The van der Waals surface area contributed by atoms with E-state index in [1.165, 1.54) is 0 Å². The first kappa shape index (κ1) is 18.4. The van der Waals surface area contributed by atoms with Crippen molar-refractivity contribution in [3.8, 4) is 0 Å². The third kappa shape index (κ3) is 3.58. The van der Waals surface area contributed by atoms with E-state index in [0.29, 0.717) is 31.9 Å². The minimum atomic E-state index is -0.355. The number of aromatic nitrogens is 3. The second-order valence-corrected chi connectivity index (χ2v) is 5.56. The van der Waals surface area contributed by atoms with Crippen molar-refractivity contribution in [2.45, 2.75) is 25.6 Å². The van der Waals surface area contributed by atoms with Crippen molar-refractivity contribution in [3.05, 3.63) is 47.5 Å². The van der Waals surface area contributed by atoms with Crippen molar-refractivity contribution < 1.29 is 9.53 Å². The summed E-state index contributed by atoms with van der Waals surface area (Å²) in [6.07, 6.45) is 0.598. The first-order valence-electron chi connectivity index (χ1n) is 7.69. The molecule has 0 saturated carbocycles. The van der Waals surface area contributed by atoms with Crippen LogP contribution in [0.3, 0.4) is 0 Å². The Labute approximate surface area is 147 Å². The van der Waals surface area contributed by atoms with Crippen LogP contribution >= 0.6 is 12.4 Å². The molecule has 2 heterocycles. The summed E-state index contributed by atoms with van der Waals surface area (Å²) in [6.45, 7) is 1.76. The Bertz CT molecular complexity index is 676. The van der Waals surface area contributed by atoms with E-state index in [4.69, 9.17) is 10.5 Å². The average molecular weight is 352 g/mol. The van der Waals surface area contributed by atoms with Crippen molar-refractivity contribution in [3.63, 3.8) is 0 Å². The minimum absolute atomic E-state index is 0. The molecule has 0 saturated heterocycles. The number of carbonyl (C=O) groups excluding carboxylic acids is 1. The summed E-state index contributed by atoms with van der Waals surface area (Å²) in [4.78, 5) is 14.7. The molecule has 1 aliphatic rings. The van der Waals surface area contributed by atoms with Gasteiger partial charge in [-0.3, -0.25) is 9.36 Å². The normalized spacial score (nSPS) is 16.7. The highest BCUT2D eigenvalue weighted by atomic mass is 35.5. The van der Waals surface area contributed by atoms with Crippen LogP contribution in [-0.2, 0) is 29.0 Å². The van der Waals surface area contributed by atoms with E-state index >= 15 is 0 Å². The average Bonchev–Trinajstić information content (AvgIpc) is 2.99. The number of rotatable bonds is 6. The van der Waals surface area contributed by atoms with Gasteiger partial charge in [-0.2, -0.15) is 0 Å². The van der Waals surface area contributed by atoms with Gasteiger partial charge in [-0.25, -0.2) is 0 Å². The topological polar surface area (TPSA) is 86.3 Å². The number of fused-ring (bicyclic) bond motifs is 1. The molecule has 7 nitrogen and oxygen atoms in total. The molecule has 1 amide bonds. The summed E-state index contributed by atoms with van der Waals surface area (Å²) in [5.74, 6) is 1.50. The molecule has 1 atom stereocenters. The van der Waals surface area contributed by atoms with Crippen LogP contribution in [0.4, 0.5) is 0 Å². The van der Waals surface area contributed by atoms with E-state index in [1.54, 1.807) is 12.0 Å². The van der Waals surface area contributed by atoms with Gasteiger partial charge in [-0.05, 0) is 5.56 Å². The third-order valence-electron chi connectivity index (χ3n) is 4.10. The predicted molar refractivity (Wildman–Crippen MR) is 91.6 cm³/mol. The summed E-state index contributed by atoms with van der Waals surface area (Å²) in [6, 6.07) is 9.60. The Morgan fingerprint density at radius 2 is 2.04 bits per heavy atom. The Morgan fingerprint density at radius 1 is 1.29 bits per heavy atom. The van der Waals surface area contributed by atoms with Crippen LogP contribution in [0.2, 0.25) is 0 Å². The van der Waals surface area contributed by atoms with Gasteiger partial charge in [0.25, 0.3) is 0 Å². The molecule has 1 aromatic heterocycles. The molecule has 0 radical (unpaired) electrons. The van der Waals surface area contributed by atoms with Gasteiger partial charge in [0.15, 0.2) is 5.82 Å². The number of methoxy groups -OCH3 is 1. The Kier molecular flexibility index (Phi) is 6.30. The van der Waals surface area contributed by atoms with Crippen LogP contribution in [0, 0.1) is 0 Å². The third-order valence-corrected chi connectivity index (χ3v) is 4.10. The largest absolute Gasteiger partial charge is 0.383 e. The van der Waals surface area contributed by atoms with Gasteiger partial charge < -0.3 is 15.4 Å². The van der Waals surface area contributed by atoms with E-state index in [2.05, 4.69) is 10.2 Å². The van der Waals surface area contributed by atoms with Gasteiger partial charge in [0, 0.05) is 20.1 Å². The smallest absolute Gasteiger partial charge is 0.246 e. The second kappa shape index (κ2) is 8.23. The number of hydrogen-bond donors (Lipinski definition) is 1. The van der Waals surface area contributed by atoms with Gasteiger partial charge >= 0.3 is 0 Å². The molecule has 1 aromatic carbocycles. The molecule has 0 fully saturated rings. The van der Waals surface area contributed by atoms with Crippen molar-refractivity contribution in [2.24, 2.45) is 5.73 Å². The fourth-order valence-electron chi connectivity index (χ4n) is 2.94. The summed E-state index contributed by atoms with van der Waals surface area (Å²) in [7, 11) is 1.63. The first-order chi connectivity index (χ1) is 11.2. The Balaban J connectivity index is 0.00000208. The zero-order valence-electron chi connectivity index (χ0n) is 13.6. The number of hydrogen-bond acceptors (Lipinski definition) is 5. The fourth-order valence-corrected chi connectivity index (χ4v) is 2.94. The quantitative estimate of drug-likeness (QED) is 0.836. The zero-order valence-corrected chi connectivity index (χ0v) is 14.4. The summed E-state index contributed by atoms with van der Waals surface area (Å²) in [5, 5.41) is 8.35. The number of halogens is 1. The number of ether oxygens (including phenoxy) is 1. The lowest BCUT2D eigenvalue weighted by Crippen LogP contribution is -2.45. The molecule has 2 N–H and O–H groups in total. The molecule has 1 aliphatic heterocycles. The molecule has 0 unspecified atom stereocenters. The van der Waals surface area contributed by atoms with Crippen molar-refractivity contribution in [2.75, 3.05) is 20.3 Å². The molecule has 130 valence electrons. The number of carbonyl (C=O) groups is 1. The lowest BCUT2D eigenvalue weighted by molar-refractivity contribution is -0.138. The Hall–Kier alpha value is -1.96. The van der Waals surface area contributed by atoms with Gasteiger partial charge in [-0.15, -0.1) is 22.6 Å². The second-order valence-electron chi connectivity index (χ2n) is 5.56. The molecule has 8 heteroatoms. The molecule has 0 aliphatic carbocycles. The number of benzene rings is 1. The van der Waals surface area contributed by atoms with Crippen LogP contribution in [-0.4, -0.2) is 45.8 Å². The maximum absolute atomic E-state index is 12.9. The monoisotopic (exact) mass is 351 g/mol. The standard InChI is InChI=1S/C16H21N5O2.ClH/c1-23-8-7-20-11-15-19-18-14(10-17)21(15)13(16(20)22)9-12-5-3-2-4-6-12;/h2-6,13H,7-11,17H2,1H3;1H/t13-;/m1./s1. The molecule has 0 spiro atoms. The lowest BCUT2D eigenvalue weighted by Gasteiger charge is -2.33. The summed E-state index contributed by atoms with van der Waals surface area (Å²) < 4.78 is 7.01. The lowest BCUT2D eigenvalue weighted by atomic mass is 10.0. The van der Waals surface area contributed by atoms with Crippen LogP contribution < -0.4 is 5.73 Å². The molecule has 2 aromatic rings. The molecular formula is C16H22ClN5O2. The summed E-state index contributed by atoms with van der Waals surface area (Å²) >= 11 is 0. The minimum Gasteiger partial charge on any atom is -0.383 e. The van der Waals surface area contributed by atoms with Crippen molar-refractivity contribution in [1.82, 2.24) is 19.7 Å². The SMILES string of the molecule is COCCN1Cc2nnc(CN)n2[C@H](Cc2ccccc2)C1=O.Cl. The van der Waals surface area contributed by atoms with E-state index in [0.717, 1.165) is 11.4 Å². The number of amides is 1. The van der Waals surface area contributed by atoms with Crippen LogP contribution in [0.1, 0.15) is 23.3 Å². The van der Waals surface area contributed by atoms with E-state index in [1.807, 2.05) is 34.9 Å². The summed E-state index contributed by atoms with van der Waals surface area (Å²) in [5.41, 5.74) is 6.87. The zero-order chi connectivity index (χ0) is 16.2. The van der Waals surface area contributed by atoms with Gasteiger partial charge in [0.1, 0.15) is 11.9 Å². The van der Waals surface area contributed by atoms with Crippen molar-refractivity contribution >= 4 is 18.3 Å². The van der Waals surface area contributed by atoms with Gasteiger partial charge in [0.2, 0.25) is 5.91 Å². The van der Waals surface area contributed by atoms with E-state index in [-0.39, 0.29) is 30.9 Å².